The number of thioether (sulfide) groups is 1. The number of aliphatic carboxylic acids is 1. The molecule has 0 aliphatic heterocycles. The highest BCUT2D eigenvalue weighted by Crippen LogP contribution is 2.11. The van der Waals surface area contributed by atoms with Gasteiger partial charge in [-0.3, -0.25) is 4.79 Å². The van der Waals surface area contributed by atoms with Crippen LogP contribution in [-0.4, -0.2) is 29.1 Å². The molecule has 0 bridgehead atoms. The van der Waals surface area contributed by atoms with Crippen LogP contribution in [0.1, 0.15) is 12.0 Å². The molecule has 1 rings (SSSR count). The summed E-state index contributed by atoms with van der Waals surface area (Å²) in [6, 6.07) is 6.92. The van der Waals surface area contributed by atoms with Crippen LogP contribution in [0.2, 0.25) is 5.02 Å². The van der Waals surface area contributed by atoms with E-state index in [0.717, 1.165) is 11.3 Å². The first-order valence-electron chi connectivity index (χ1n) is 5.33. The Morgan fingerprint density at radius 1 is 1.59 bits per heavy atom. The number of benzene rings is 1. The quantitative estimate of drug-likeness (QED) is 0.802. The van der Waals surface area contributed by atoms with E-state index in [9.17, 15) is 4.79 Å². The largest absolute Gasteiger partial charge is 0.480 e. The second kappa shape index (κ2) is 7.58. The first-order valence-corrected chi connectivity index (χ1v) is 7.10. The fraction of sp³-hybridized carbons (Fsp3) is 0.417. The fourth-order valence-corrected chi connectivity index (χ4v) is 2.12. The van der Waals surface area contributed by atoms with Crippen LogP contribution in [0, 0.1) is 0 Å². The van der Waals surface area contributed by atoms with Crippen LogP contribution in [0.4, 0.5) is 0 Å². The van der Waals surface area contributed by atoms with E-state index in [1.807, 2.05) is 24.5 Å². The summed E-state index contributed by atoms with van der Waals surface area (Å²) in [5.74, 6) is 0.0283. The van der Waals surface area contributed by atoms with Gasteiger partial charge in [0.1, 0.15) is 6.04 Å². The maximum atomic E-state index is 11.0. The number of carboxylic acid groups (broad SMARTS) is 1. The van der Waals surface area contributed by atoms with Gasteiger partial charge in [0.05, 0.1) is 0 Å². The van der Waals surface area contributed by atoms with Crippen LogP contribution in [0.25, 0.3) is 0 Å². The maximum Gasteiger partial charge on any atom is 0.320 e. The van der Waals surface area contributed by atoms with Crippen LogP contribution in [0.3, 0.4) is 0 Å². The Labute approximate surface area is 111 Å². The van der Waals surface area contributed by atoms with Gasteiger partial charge in [-0.25, -0.2) is 0 Å². The van der Waals surface area contributed by atoms with Crippen molar-refractivity contribution in [3.05, 3.63) is 34.9 Å². The second-order valence-corrected chi connectivity index (χ2v) is 5.11. The summed E-state index contributed by atoms with van der Waals surface area (Å²) in [5.41, 5.74) is 0.993. The van der Waals surface area contributed by atoms with Gasteiger partial charge < -0.3 is 10.4 Å². The minimum atomic E-state index is -0.805. The Morgan fingerprint density at radius 3 is 2.94 bits per heavy atom. The highest BCUT2D eigenvalue weighted by molar-refractivity contribution is 7.98. The van der Waals surface area contributed by atoms with E-state index in [0.29, 0.717) is 18.0 Å². The third-order valence-corrected chi connectivity index (χ3v) is 3.23. The lowest BCUT2D eigenvalue weighted by atomic mass is 10.2. The summed E-state index contributed by atoms with van der Waals surface area (Å²) in [7, 11) is 0. The van der Waals surface area contributed by atoms with E-state index in [-0.39, 0.29) is 0 Å². The van der Waals surface area contributed by atoms with Gasteiger partial charge in [0.2, 0.25) is 0 Å². The number of nitrogens with one attached hydrogen (secondary N) is 1. The minimum absolute atomic E-state index is 0.499. The average Bonchev–Trinajstić information content (AvgIpc) is 2.28. The molecule has 0 spiro atoms. The molecule has 94 valence electrons. The molecule has 2 N–H and O–H groups in total. The lowest BCUT2D eigenvalue weighted by molar-refractivity contribution is -0.139. The van der Waals surface area contributed by atoms with Crippen molar-refractivity contribution >= 4 is 29.3 Å². The lowest BCUT2D eigenvalue weighted by Crippen LogP contribution is -2.36. The predicted octanol–water partition coefficient (Wildman–Crippen LogP) is 2.64. The van der Waals surface area contributed by atoms with Crippen LogP contribution in [0.15, 0.2) is 24.3 Å². The average molecular weight is 274 g/mol. The Bertz CT molecular complexity index is 373. The van der Waals surface area contributed by atoms with Crippen molar-refractivity contribution in [1.29, 1.82) is 0 Å². The molecule has 3 nitrogen and oxygen atoms in total. The summed E-state index contributed by atoms with van der Waals surface area (Å²) < 4.78 is 0. The molecule has 0 fully saturated rings. The molecule has 0 aliphatic carbocycles. The number of hydrogen-bond donors (Lipinski definition) is 2. The van der Waals surface area contributed by atoms with Gasteiger partial charge in [-0.05, 0) is 36.1 Å². The smallest absolute Gasteiger partial charge is 0.320 e. The Morgan fingerprint density at radius 2 is 2.35 bits per heavy atom. The zero-order valence-electron chi connectivity index (χ0n) is 9.65. The molecular weight excluding hydrogens is 258 g/mol. The van der Waals surface area contributed by atoms with Gasteiger partial charge >= 0.3 is 5.97 Å². The molecule has 1 aromatic carbocycles. The zero-order valence-corrected chi connectivity index (χ0v) is 11.2. The Balaban J connectivity index is 2.48. The van der Waals surface area contributed by atoms with Gasteiger partial charge in [0.15, 0.2) is 0 Å². The zero-order chi connectivity index (χ0) is 12.7. The normalized spacial score (nSPS) is 12.4. The van der Waals surface area contributed by atoms with E-state index < -0.39 is 12.0 Å². The molecule has 0 heterocycles. The molecule has 5 heteroatoms. The van der Waals surface area contributed by atoms with Gasteiger partial charge in [-0.2, -0.15) is 11.8 Å². The Kier molecular flexibility index (Phi) is 6.40. The van der Waals surface area contributed by atoms with Gasteiger partial charge in [0, 0.05) is 11.6 Å². The topological polar surface area (TPSA) is 49.3 Å². The Hall–Kier alpha value is -0.710. The van der Waals surface area contributed by atoms with Crippen molar-refractivity contribution in [2.75, 3.05) is 12.0 Å². The predicted molar refractivity (Wildman–Crippen MR) is 72.7 cm³/mol. The van der Waals surface area contributed by atoms with Crippen molar-refractivity contribution in [2.24, 2.45) is 0 Å². The lowest BCUT2D eigenvalue weighted by Gasteiger charge is -2.13. The van der Waals surface area contributed by atoms with Crippen molar-refractivity contribution in [1.82, 2.24) is 5.32 Å². The van der Waals surface area contributed by atoms with Gasteiger partial charge in [0.25, 0.3) is 0 Å². The monoisotopic (exact) mass is 273 g/mol. The molecular formula is C12H16ClNO2S. The number of halogens is 1. The molecule has 0 unspecified atom stereocenters. The third-order valence-electron chi connectivity index (χ3n) is 2.35. The molecule has 0 amide bonds. The van der Waals surface area contributed by atoms with Crippen LogP contribution >= 0.6 is 23.4 Å². The molecule has 1 atom stereocenters. The van der Waals surface area contributed by atoms with E-state index in [1.54, 1.807) is 17.8 Å². The molecule has 0 saturated heterocycles. The summed E-state index contributed by atoms with van der Waals surface area (Å²) >= 11 is 7.51. The number of carboxylic acids is 1. The molecule has 0 saturated carbocycles. The number of hydrogen-bond acceptors (Lipinski definition) is 3. The van der Waals surface area contributed by atoms with Crippen LogP contribution < -0.4 is 5.32 Å². The number of rotatable bonds is 7. The SMILES string of the molecule is CSCC[C@@H](NCc1cccc(Cl)c1)C(=O)O. The first-order chi connectivity index (χ1) is 8.13. The first kappa shape index (κ1) is 14.4. The third kappa shape index (κ3) is 5.44. The summed E-state index contributed by atoms with van der Waals surface area (Å²) in [6.45, 7) is 0.520. The summed E-state index contributed by atoms with van der Waals surface area (Å²) in [5, 5.41) is 12.7. The van der Waals surface area contributed by atoms with E-state index in [1.165, 1.54) is 0 Å². The van der Waals surface area contributed by atoms with E-state index in [4.69, 9.17) is 16.7 Å². The van der Waals surface area contributed by atoms with Crippen molar-refractivity contribution in [2.45, 2.75) is 19.0 Å². The second-order valence-electron chi connectivity index (χ2n) is 3.68. The minimum Gasteiger partial charge on any atom is -0.480 e. The fourth-order valence-electron chi connectivity index (χ4n) is 1.44. The standard InChI is InChI=1S/C12H16ClNO2S/c1-17-6-5-11(12(15)16)14-8-9-3-2-4-10(13)7-9/h2-4,7,11,14H,5-6,8H2,1H3,(H,15,16)/t11-/m1/s1. The van der Waals surface area contributed by atoms with Crippen LogP contribution in [-0.2, 0) is 11.3 Å². The summed E-state index contributed by atoms with van der Waals surface area (Å²) in [4.78, 5) is 11.0. The van der Waals surface area contributed by atoms with Gasteiger partial charge in [-0.15, -0.1) is 0 Å². The highest BCUT2D eigenvalue weighted by Gasteiger charge is 2.15. The van der Waals surface area contributed by atoms with Crippen molar-refractivity contribution in [3.8, 4) is 0 Å². The molecule has 0 aliphatic rings. The molecule has 0 radical (unpaired) electrons. The molecule has 0 aromatic heterocycles. The van der Waals surface area contributed by atoms with Crippen molar-refractivity contribution < 1.29 is 9.90 Å². The maximum absolute atomic E-state index is 11.0. The molecule has 17 heavy (non-hydrogen) atoms. The summed E-state index contributed by atoms with van der Waals surface area (Å²) in [6.07, 6.45) is 2.59. The van der Waals surface area contributed by atoms with Crippen molar-refractivity contribution in [3.63, 3.8) is 0 Å². The van der Waals surface area contributed by atoms with Gasteiger partial charge in [-0.1, -0.05) is 23.7 Å². The van der Waals surface area contributed by atoms with Crippen LogP contribution in [0.5, 0.6) is 0 Å². The number of carbonyl (C=O) groups is 1. The molecule has 1 aromatic rings. The van der Waals surface area contributed by atoms with E-state index in [2.05, 4.69) is 5.32 Å². The highest BCUT2D eigenvalue weighted by atomic mass is 35.5. The van der Waals surface area contributed by atoms with E-state index >= 15 is 0 Å².